The number of aromatic nitrogens is 2. The topological polar surface area (TPSA) is 49.8 Å². The van der Waals surface area contributed by atoms with E-state index in [9.17, 15) is 13.2 Å². The molecular formula is C12H19F3N4S. The van der Waals surface area contributed by atoms with E-state index in [4.69, 9.17) is 0 Å². The summed E-state index contributed by atoms with van der Waals surface area (Å²) in [6.45, 7) is 4.98. The molecule has 0 aliphatic heterocycles. The zero-order chi connectivity index (χ0) is 15.2. The summed E-state index contributed by atoms with van der Waals surface area (Å²) in [5.41, 5.74) is -0.939. The highest BCUT2D eigenvalue weighted by Gasteiger charge is 2.33. The molecule has 114 valence electrons. The largest absolute Gasteiger partial charge is 0.433 e. The number of hydrogen-bond donors (Lipinski definition) is 2. The van der Waals surface area contributed by atoms with Gasteiger partial charge < -0.3 is 10.6 Å². The molecule has 0 saturated carbocycles. The van der Waals surface area contributed by atoms with Crippen LogP contribution in [0.5, 0.6) is 0 Å². The van der Waals surface area contributed by atoms with Crippen LogP contribution in [0.1, 0.15) is 26.0 Å². The van der Waals surface area contributed by atoms with E-state index in [2.05, 4.69) is 20.6 Å². The highest BCUT2D eigenvalue weighted by molar-refractivity contribution is 7.99. The summed E-state index contributed by atoms with van der Waals surface area (Å²) in [5.74, 6) is 0.188. The fourth-order valence-electron chi connectivity index (χ4n) is 1.33. The Morgan fingerprint density at radius 1 is 1.30 bits per heavy atom. The van der Waals surface area contributed by atoms with Gasteiger partial charge in [-0.3, -0.25) is 0 Å². The number of nitrogens with one attached hydrogen (secondary N) is 2. The zero-order valence-corrected chi connectivity index (χ0v) is 12.5. The average molecular weight is 308 g/mol. The van der Waals surface area contributed by atoms with Crippen molar-refractivity contribution in [2.45, 2.75) is 31.7 Å². The minimum atomic E-state index is -4.48. The van der Waals surface area contributed by atoms with Crippen LogP contribution in [0, 0.1) is 0 Å². The van der Waals surface area contributed by atoms with E-state index in [-0.39, 0.29) is 17.0 Å². The van der Waals surface area contributed by atoms with E-state index in [1.165, 1.54) is 0 Å². The summed E-state index contributed by atoms with van der Waals surface area (Å²) in [7, 11) is 0. The van der Waals surface area contributed by atoms with E-state index in [0.717, 1.165) is 12.5 Å². The van der Waals surface area contributed by atoms with Gasteiger partial charge in [0.2, 0.25) is 5.95 Å². The molecule has 0 aliphatic carbocycles. The standard InChI is InChI=1S/C12H19F3N4S/c1-4-5-16-11-18-9(12(13,14)15)6-10(19-11)17-7-8(2)20-3/h6,8H,4-5,7H2,1-3H3,(H2,16,17,18,19). The Morgan fingerprint density at radius 2 is 2.00 bits per heavy atom. The number of thioether (sulfide) groups is 1. The van der Waals surface area contributed by atoms with Gasteiger partial charge in [-0.25, -0.2) is 4.98 Å². The summed E-state index contributed by atoms with van der Waals surface area (Å²) in [4.78, 5) is 7.55. The Morgan fingerprint density at radius 3 is 2.55 bits per heavy atom. The van der Waals surface area contributed by atoms with Gasteiger partial charge in [0.05, 0.1) is 0 Å². The van der Waals surface area contributed by atoms with Crippen molar-refractivity contribution in [2.75, 3.05) is 30.0 Å². The van der Waals surface area contributed by atoms with Gasteiger partial charge in [0, 0.05) is 24.4 Å². The van der Waals surface area contributed by atoms with E-state index >= 15 is 0 Å². The molecular weight excluding hydrogens is 289 g/mol. The quantitative estimate of drug-likeness (QED) is 0.807. The zero-order valence-electron chi connectivity index (χ0n) is 11.7. The maximum absolute atomic E-state index is 12.8. The Labute approximate surface area is 121 Å². The molecule has 8 heteroatoms. The van der Waals surface area contributed by atoms with E-state index in [0.29, 0.717) is 13.1 Å². The third-order valence-electron chi connectivity index (χ3n) is 2.52. The third kappa shape index (κ3) is 5.44. The Balaban J connectivity index is 2.91. The number of anilines is 2. The molecule has 2 N–H and O–H groups in total. The molecule has 1 unspecified atom stereocenters. The molecule has 0 aromatic carbocycles. The monoisotopic (exact) mass is 308 g/mol. The van der Waals surface area contributed by atoms with Crippen molar-refractivity contribution in [3.63, 3.8) is 0 Å². The first-order valence-corrected chi connectivity index (χ1v) is 7.62. The first kappa shape index (κ1) is 16.9. The number of alkyl halides is 3. The molecule has 0 fully saturated rings. The lowest BCUT2D eigenvalue weighted by Crippen LogP contribution is -2.17. The van der Waals surface area contributed by atoms with Gasteiger partial charge >= 0.3 is 6.18 Å². The molecule has 4 nitrogen and oxygen atoms in total. The van der Waals surface area contributed by atoms with E-state index in [1.807, 2.05) is 20.1 Å². The van der Waals surface area contributed by atoms with Gasteiger partial charge in [0.25, 0.3) is 0 Å². The number of rotatable bonds is 7. The Bertz CT molecular complexity index is 426. The molecule has 0 spiro atoms. The summed E-state index contributed by atoms with van der Waals surface area (Å²) < 4.78 is 38.4. The van der Waals surface area contributed by atoms with Crippen LogP contribution in [-0.2, 0) is 6.18 Å². The second kappa shape index (κ2) is 7.56. The SMILES string of the molecule is CCCNc1nc(NCC(C)SC)cc(C(F)(F)F)n1. The number of nitrogens with zero attached hydrogens (tertiary/aromatic N) is 2. The number of hydrogen-bond acceptors (Lipinski definition) is 5. The maximum Gasteiger partial charge on any atom is 0.433 e. The van der Waals surface area contributed by atoms with Gasteiger partial charge in [-0.05, 0) is 12.7 Å². The van der Waals surface area contributed by atoms with Crippen molar-refractivity contribution in [3.8, 4) is 0 Å². The molecule has 20 heavy (non-hydrogen) atoms. The van der Waals surface area contributed by atoms with Gasteiger partial charge in [-0.15, -0.1) is 0 Å². The summed E-state index contributed by atoms with van der Waals surface area (Å²) >= 11 is 1.63. The molecule has 1 heterocycles. The Kier molecular flexibility index (Phi) is 6.38. The van der Waals surface area contributed by atoms with Gasteiger partial charge in [-0.1, -0.05) is 13.8 Å². The van der Waals surface area contributed by atoms with Crippen LogP contribution < -0.4 is 10.6 Å². The number of halogens is 3. The van der Waals surface area contributed by atoms with Crippen LogP contribution in [0.15, 0.2) is 6.07 Å². The fraction of sp³-hybridized carbons (Fsp3) is 0.667. The van der Waals surface area contributed by atoms with Crippen molar-refractivity contribution in [1.82, 2.24) is 9.97 Å². The van der Waals surface area contributed by atoms with Crippen LogP contribution in [0.2, 0.25) is 0 Å². The Hall–Kier alpha value is -1.18. The molecule has 1 atom stereocenters. The van der Waals surface area contributed by atoms with Crippen LogP contribution in [-0.4, -0.2) is 34.6 Å². The van der Waals surface area contributed by atoms with Crippen LogP contribution in [0.25, 0.3) is 0 Å². The van der Waals surface area contributed by atoms with Crippen LogP contribution in [0.4, 0.5) is 24.9 Å². The van der Waals surface area contributed by atoms with Gasteiger partial charge in [0.15, 0.2) is 5.69 Å². The van der Waals surface area contributed by atoms with Crippen molar-refractivity contribution in [2.24, 2.45) is 0 Å². The lowest BCUT2D eigenvalue weighted by atomic mass is 10.3. The predicted molar refractivity (Wildman–Crippen MR) is 77.3 cm³/mol. The first-order chi connectivity index (χ1) is 9.36. The summed E-state index contributed by atoms with van der Waals surface area (Å²) in [6.07, 6.45) is -1.75. The van der Waals surface area contributed by atoms with Gasteiger partial charge in [-0.2, -0.15) is 29.9 Å². The lowest BCUT2D eigenvalue weighted by molar-refractivity contribution is -0.141. The molecule has 0 bridgehead atoms. The minimum absolute atomic E-state index is 0.000907. The normalized spacial score (nSPS) is 13.1. The van der Waals surface area contributed by atoms with Crippen molar-refractivity contribution in [1.29, 1.82) is 0 Å². The smallest absolute Gasteiger partial charge is 0.369 e. The molecule has 1 rings (SSSR count). The summed E-state index contributed by atoms with van der Waals surface area (Å²) in [5, 5.41) is 5.98. The molecule has 0 amide bonds. The molecule has 1 aromatic heterocycles. The predicted octanol–water partition coefficient (Wildman–Crippen LogP) is 3.48. The minimum Gasteiger partial charge on any atom is -0.369 e. The maximum atomic E-state index is 12.8. The molecule has 1 aromatic rings. The van der Waals surface area contributed by atoms with Crippen molar-refractivity contribution in [3.05, 3.63) is 11.8 Å². The van der Waals surface area contributed by atoms with E-state index in [1.54, 1.807) is 11.8 Å². The fourth-order valence-corrected chi connectivity index (χ4v) is 1.58. The highest BCUT2D eigenvalue weighted by Crippen LogP contribution is 2.29. The first-order valence-electron chi connectivity index (χ1n) is 6.33. The molecule has 0 aliphatic rings. The molecule has 0 saturated heterocycles. The van der Waals surface area contributed by atoms with E-state index < -0.39 is 11.9 Å². The highest BCUT2D eigenvalue weighted by atomic mass is 32.2. The second-order valence-corrected chi connectivity index (χ2v) is 5.59. The molecule has 0 radical (unpaired) electrons. The van der Waals surface area contributed by atoms with Crippen LogP contribution >= 0.6 is 11.8 Å². The van der Waals surface area contributed by atoms with Crippen molar-refractivity contribution < 1.29 is 13.2 Å². The average Bonchev–Trinajstić information content (AvgIpc) is 2.41. The van der Waals surface area contributed by atoms with Crippen molar-refractivity contribution >= 4 is 23.5 Å². The third-order valence-corrected chi connectivity index (χ3v) is 3.49. The second-order valence-electron chi connectivity index (χ2n) is 4.31. The summed E-state index contributed by atoms with van der Waals surface area (Å²) in [6, 6.07) is 0.935. The van der Waals surface area contributed by atoms with Gasteiger partial charge in [0.1, 0.15) is 5.82 Å². The lowest BCUT2D eigenvalue weighted by Gasteiger charge is -2.14. The van der Waals surface area contributed by atoms with Crippen LogP contribution in [0.3, 0.4) is 0 Å².